The summed E-state index contributed by atoms with van der Waals surface area (Å²) < 4.78 is 0. The minimum Gasteiger partial charge on any atom is -0.478 e. The Morgan fingerprint density at radius 3 is 2.50 bits per heavy atom. The molecule has 0 heterocycles. The number of benzene rings is 1. The third-order valence-electron chi connectivity index (χ3n) is 2.13. The van der Waals surface area contributed by atoms with Crippen LogP contribution >= 0.6 is 0 Å². The predicted molar refractivity (Wildman–Crippen MR) is 57.2 cm³/mol. The lowest BCUT2D eigenvalue weighted by atomic mass is 10.0. The lowest BCUT2D eigenvalue weighted by Crippen LogP contribution is -1.96. The molecule has 0 atom stereocenters. The summed E-state index contributed by atoms with van der Waals surface area (Å²) >= 11 is 0. The van der Waals surface area contributed by atoms with E-state index in [1.807, 2.05) is 32.0 Å². The maximum atomic E-state index is 10.6. The fourth-order valence-corrected chi connectivity index (χ4v) is 1.28. The van der Waals surface area contributed by atoms with E-state index < -0.39 is 5.97 Å². The van der Waals surface area contributed by atoms with Gasteiger partial charge in [0.2, 0.25) is 0 Å². The van der Waals surface area contributed by atoms with Crippen LogP contribution in [0.1, 0.15) is 23.6 Å². The van der Waals surface area contributed by atoms with Crippen LogP contribution in [0.5, 0.6) is 0 Å². The van der Waals surface area contributed by atoms with Gasteiger partial charge >= 0.3 is 5.97 Å². The Balaban J connectivity index is 3.09. The van der Waals surface area contributed by atoms with Crippen molar-refractivity contribution in [3.8, 4) is 0 Å². The number of carbonyl (C=O) groups is 1. The Kier molecular flexibility index (Phi) is 3.07. The zero-order valence-corrected chi connectivity index (χ0v) is 8.66. The van der Waals surface area contributed by atoms with Gasteiger partial charge in [-0.05, 0) is 38.0 Å². The highest BCUT2D eigenvalue weighted by Crippen LogP contribution is 2.14. The lowest BCUT2D eigenvalue weighted by molar-refractivity contribution is -0.132. The summed E-state index contributed by atoms with van der Waals surface area (Å²) in [7, 11) is 0. The Morgan fingerprint density at radius 1 is 1.36 bits per heavy atom. The number of aryl methyl sites for hydroxylation is 2. The van der Waals surface area contributed by atoms with E-state index in [1.54, 1.807) is 13.0 Å². The maximum absolute atomic E-state index is 10.6. The molecular weight excluding hydrogens is 176 g/mol. The summed E-state index contributed by atoms with van der Waals surface area (Å²) in [6.07, 6.45) is 1.69. The minimum atomic E-state index is -0.870. The van der Waals surface area contributed by atoms with Crippen LogP contribution < -0.4 is 0 Å². The highest BCUT2D eigenvalue weighted by molar-refractivity contribution is 5.91. The van der Waals surface area contributed by atoms with Gasteiger partial charge in [-0.15, -0.1) is 0 Å². The van der Waals surface area contributed by atoms with Crippen molar-refractivity contribution in [3.63, 3.8) is 0 Å². The number of hydrogen-bond acceptors (Lipinski definition) is 1. The molecule has 0 aliphatic rings. The van der Waals surface area contributed by atoms with E-state index in [0.717, 1.165) is 11.1 Å². The zero-order chi connectivity index (χ0) is 10.7. The molecule has 0 unspecified atom stereocenters. The van der Waals surface area contributed by atoms with Crippen LogP contribution in [-0.2, 0) is 4.79 Å². The summed E-state index contributed by atoms with van der Waals surface area (Å²) in [6, 6.07) is 5.96. The molecule has 14 heavy (non-hydrogen) atoms. The van der Waals surface area contributed by atoms with E-state index in [1.165, 1.54) is 5.56 Å². The van der Waals surface area contributed by atoms with Gasteiger partial charge in [0.05, 0.1) is 0 Å². The van der Waals surface area contributed by atoms with Crippen molar-refractivity contribution in [2.24, 2.45) is 0 Å². The highest BCUT2D eigenvalue weighted by Gasteiger charge is 2.01. The normalized spacial score (nSPS) is 11.5. The van der Waals surface area contributed by atoms with E-state index in [2.05, 4.69) is 0 Å². The molecule has 1 aromatic rings. The van der Waals surface area contributed by atoms with E-state index in [0.29, 0.717) is 5.57 Å². The Hall–Kier alpha value is -1.57. The van der Waals surface area contributed by atoms with Crippen molar-refractivity contribution in [3.05, 3.63) is 40.5 Å². The third-order valence-corrected chi connectivity index (χ3v) is 2.13. The summed E-state index contributed by atoms with van der Waals surface area (Å²) in [5.41, 5.74) is 3.62. The molecule has 74 valence electrons. The Labute approximate surface area is 83.9 Å². The molecule has 0 amide bonds. The monoisotopic (exact) mass is 190 g/mol. The van der Waals surface area contributed by atoms with Crippen LogP contribution in [0.3, 0.4) is 0 Å². The Morgan fingerprint density at radius 2 is 2.00 bits per heavy atom. The van der Waals surface area contributed by atoms with Gasteiger partial charge in [0, 0.05) is 5.57 Å². The smallest absolute Gasteiger partial charge is 0.331 e. The molecule has 1 N–H and O–H groups in total. The molecule has 0 bridgehead atoms. The number of carboxylic acids is 1. The van der Waals surface area contributed by atoms with Gasteiger partial charge < -0.3 is 5.11 Å². The van der Waals surface area contributed by atoms with Gasteiger partial charge in [0.25, 0.3) is 0 Å². The largest absolute Gasteiger partial charge is 0.478 e. The second-order valence-corrected chi connectivity index (χ2v) is 3.49. The fraction of sp³-hybridized carbons (Fsp3) is 0.250. The summed E-state index contributed by atoms with van der Waals surface area (Å²) in [5.74, 6) is -0.870. The van der Waals surface area contributed by atoms with Crippen molar-refractivity contribution < 1.29 is 9.90 Å². The third kappa shape index (κ3) is 2.46. The van der Waals surface area contributed by atoms with Crippen LogP contribution in [0.4, 0.5) is 0 Å². The fourth-order valence-electron chi connectivity index (χ4n) is 1.28. The number of hydrogen-bond donors (Lipinski definition) is 1. The molecule has 0 saturated carbocycles. The van der Waals surface area contributed by atoms with E-state index >= 15 is 0 Å². The molecular formula is C12H14O2. The molecule has 0 spiro atoms. The number of aliphatic carboxylic acids is 1. The van der Waals surface area contributed by atoms with Gasteiger partial charge in [-0.1, -0.05) is 23.8 Å². The minimum absolute atomic E-state index is 0.358. The van der Waals surface area contributed by atoms with E-state index in [4.69, 9.17) is 5.11 Å². The molecule has 0 aromatic heterocycles. The first-order valence-electron chi connectivity index (χ1n) is 4.49. The van der Waals surface area contributed by atoms with Crippen molar-refractivity contribution in [1.29, 1.82) is 0 Å². The maximum Gasteiger partial charge on any atom is 0.331 e. The average molecular weight is 190 g/mol. The van der Waals surface area contributed by atoms with Gasteiger partial charge in [-0.3, -0.25) is 0 Å². The van der Waals surface area contributed by atoms with E-state index in [-0.39, 0.29) is 0 Å². The standard InChI is InChI=1S/C12H14O2/c1-8-4-5-11(9(2)6-8)7-10(3)12(13)14/h4-7H,1-3H3,(H,13,14)/b10-7+. The van der Waals surface area contributed by atoms with Gasteiger partial charge in [0.15, 0.2) is 0 Å². The quantitative estimate of drug-likeness (QED) is 0.728. The lowest BCUT2D eigenvalue weighted by Gasteiger charge is -2.02. The molecule has 2 nitrogen and oxygen atoms in total. The summed E-state index contributed by atoms with van der Waals surface area (Å²) in [6.45, 7) is 5.60. The molecule has 0 aliphatic heterocycles. The van der Waals surface area contributed by atoms with Crippen LogP contribution in [-0.4, -0.2) is 11.1 Å². The van der Waals surface area contributed by atoms with Crippen LogP contribution in [0.15, 0.2) is 23.8 Å². The van der Waals surface area contributed by atoms with Crippen LogP contribution in [0.25, 0.3) is 6.08 Å². The number of carboxylic acid groups (broad SMARTS) is 1. The van der Waals surface area contributed by atoms with Crippen LogP contribution in [0, 0.1) is 13.8 Å². The molecule has 0 fully saturated rings. The molecule has 0 saturated heterocycles. The first kappa shape index (κ1) is 10.5. The van der Waals surface area contributed by atoms with Crippen LogP contribution in [0.2, 0.25) is 0 Å². The van der Waals surface area contributed by atoms with Crippen molar-refractivity contribution in [1.82, 2.24) is 0 Å². The average Bonchev–Trinajstić information content (AvgIpc) is 2.09. The van der Waals surface area contributed by atoms with Gasteiger partial charge in [0.1, 0.15) is 0 Å². The van der Waals surface area contributed by atoms with Crippen molar-refractivity contribution >= 4 is 12.0 Å². The molecule has 1 rings (SSSR count). The van der Waals surface area contributed by atoms with Crippen molar-refractivity contribution in [2.75, 3.05) is 0 Å². The highest BCUT2D eigenvalue weighted by atomic mass is 16.4. The number of rotatable bonds is 2. The second-order valence-electron chi connectivity index (χ2n) is 3.49. The first-order valence-corrected chi connectivity index (χ1v) is 4.49. The molecule has 0 radical (unpaired) electrons. The van der Waals surface area contributed by atoms with Gasteiger partial charge in [-0.25, -0.2) is 4.79 Å². The van der Waals surface area contributed by atoms with E-state index in [9.17, 15) is 4.79 Å². The zero-order valence-electron chi connectivity index (χ0n) is 8.66. The molecule has 0 aliphatic carbocycles. The topological polar surface area (TPSA) is 37.3 Å². The van der Waals surface area contributed by atoms with Gasteiger partial charge in [-0.2, -0.15) is 0 Å². The predicted octanol–water partition coefficient (Wildman–Crippen LogP) is 2.79. The second kappa shape index (κ2) is 4.09. The summed E-state index contributed by atoms with van der Waals surface area (Å²) in [5, 5.41) is 8.72. The molecule has 1 aromatic carbocycles. The summed E-state index contributed by atoms with van der Waals surface area (Å²) in [4.78, 5) is 10.6. The Bertz CT molecular complexity index is 389. The first-order chi connectivity index (χ1) is 6.50. The SMILES string of the molecule is C/C(=C\c1ccc(C)cc1C)C(=O)O. The van der Waals surface area contributed by atoms with Crippen molar-refractivity contribution in [2.45, 2.75) is 20.8 Å². The molecule has 2 heteroatoms.